The summed E-state index contributed by atoms with van der Waals surface area (Å²) in [7, 11) is 0. The van der Waals surface area contributed by atoms with Crippen molar-refractivity contribution in [3.63, 3.8) is 0 Å². The number of piperidine rings is 1. The third-order valence-corrected chi connectivity index (χ3v) is 6.17. The van der Waals surface area contributed by atoms with E-state index in [1.54, 1.807) is 15.5 Å². The number of nitro groups is 1. The number of aryl methyl sites for hydroxylation is 2. The quantitative estimate of drug-likeness (QED) is 0.392. The first-order valence-corrected chi connectivity index (χ1v) is 11.6. The highest BCUT2D eigenvalue weighted by Crippen LogP contribution is 2.34. The summed E-state index contributed by atoms with van der Waals surface area (Å²) in [6.07, 6.45) is 5.33. The highest BCUT2D eigenvalue weighted by molar-refractivity contribution is 5.73. The minimum atomic E-state index is -0.552. The van der Waals surface area contributed by atoms with E-state index in [9.17, 15) is 14.9 Å². The Morgan fingerprint density at radius 2 is 2.00 bits per heavy atom. The molecule has 0 saturated carbocycles. The summed E-state index contributed by atoms with van der Waals surface area (Å²) in [5.74, 6) is 0.138. The molecule has 0 aliphatic carbocycles. The van der Waals surface area contributed by atoms with E-state index in [-0.39, 0.29) is 22.6 Å². The van der Waals surface area contributed by atoms with Crippen LogP contribution in [0.5, 0.6) is 0 Å². The van der Waals surface area contributed by atoms with E-state index in [0.29, 0.717) is 25.1 Å². The van der Waals surface area contributed by atoms with Crippen LogP contribution >= 0.6 is 0 Å². The number of fused-ring (bicyclic) bond motifs is 1. The molecular weight excluding hydrogens is 434 g/mol. The van der Waals surface area contributed by atoms with Gasteiger partial charge in [-0.1, -0.05) is 0 Å². The average Bonchev–Trinajstić information content (AvgIpc) is 3.22. The molecule has 1 amide bonds. The Balaban J connectivity index is 1.61. The van der Waals surface area contributed by atoms with Crippen LogP contribution in [0.25, 0.3) is 16.8 Å². The van der Waals surface area contributed by atoms with E-state index < -0.39 is 5.60 Å². The predicted octanol–water partition coefficient (Wildman–Crippen LogP) is 5.11. The average molecular weight is 466 g/mol. The van der Waals surface area contributed by atoms with Gasteiger partial charge >= 0.3 is 6.09 Å². The summed E-state index contributed by atoms with van der Waals surface area (Å²) in [6, 6.07) is 5.56. The lowest BCUT2D eigenvalue weighted by molar-refractivity contribution is -0.385. The summed E-state index contributed by atoms with van der Waals surface area (Å²) in [6.45, 7) is 10.7. The van der Waals surface area contributed by atoms with Crippen LogP contribution in [-0.4, -0.2) is 49.2 Å². The van der Waals surface area contributed by atoms with E-state index in [1.807, 2.05) is 52.9 Å². The van der Waals surface area contributed by atoms with Crippen molar-refractivity contribution in [3.8, 4) is 11.1 Å². The third-order valence-electron chi connectivity index (χ3n) is 6.17. The first kappa shape index (κ1) is 23.7. The van der Waals surface area contributed by atoms with Crippen molar-refractivity contribution < 1.29 is 14.5 Å². The van der Waals surface area contributed by atoms with Crippen molar-refractivity contribution >= 4 is 17.4 Å². The zero-order chi connectivity index (χ0) is 24.6. The molecule has 3 heterocycles. The molecule has 1 aromatic carbocycles. The van der Waals surface area contributed by atoms with Crippen LogP contribution < -0.4 is 0 Å². The maximum Gasteiger partial charge on any atom is 0.410 e. The smallest absolute Gasteiger partial charge is 0.410 e. The molecule has 0 bridgehead atoms. The third kappa shape index (κ3) is 5.03. The molecule has 0 unspecified atom stereocenters. The van der Waals surface area contributed by atoms with Gasteiger partial charge in [-0.2, -0.15) is 5.10 Å². The van der Waals surface area contributed by atoms with Gasteiger partial charge < -0.3 is 9.64 Å². The van der Waals surface area contributed by atoms with Crippen LogP contribution in [0.15, 0.2) is 30.7 Å². The number of rotatable bonds is 4. The number of pyridine rings is 1. The highest BCUT2D eigenvalue weighted by Gasteiger charge is 2.29. The second-order valence-corrected chi connectivity index (χ2v) is 10.1. The molecule has 1 fully saturated rings. The molecule has 1 saturated heterocycles. The van der Waals surface area contributed by atoms with Crippen molar-refractivity contribution in [2.45, 2.75) is 59.5 Å². The van der Waals surface area contributed by atoms with Gasteiger partial charge in [-0.25, -0.2) is 14.3 Å². The zero-order valence-electron chi connectivity index (χ0n) is 20.4. The molecule has 9 heteroatoms. The molecule has 34 heavy (non-hydrogen) atoms. The molecule has 1 aliphatic heterocycles. The minimum Gasteiger partial charge on any atom is -0.444 e. The molecule has 0 radical (unpaired) electrons. The zero-order valence-corrected chi connectivity index (χ0v) is 20.4. The standard InChI is InChI=1S/C25H31N5O4/c1-16-9-19(11-18-7-6-8-28(13-18)24(31)34-25(3,4)5)22(30(32)33)12-21(16)20-10-17(2)23-26-15-27-29(23)14-20/h9-10,12,14-15,18H,6-8,11,13H2,1-5H3/t18-/m0/s1. The first-order valence-electron chi connectivity index (χ1n) is 11.6. The fourth-order valence-corrected chi connectivity index (χ4v) is 4.68. The lowest BCUT2D eigenvalue weighted by Gasteiger charge is -2.34. The van der Waals surface area contributed by atoms with Crippen LogP contribution in [0.3, 0.4) is 0 Å². The Labute approximate surface area is 198 Å². The lowest BCUT2D eigenvalue weighted by Crippen LogP contribution is -2.43. The molecular formula is C25H31N5O4. The van der Waals surface area contributed by atoms with Gasteiger partial charge in [0, 0.05) is 36.5 Å². The molecule has 4 rings (SSSR count). The Hall–Kier alpha value is -3.49. The summed E-state index contributed by atoms with van der Waals surface area (Å²) < 4.78 is 7.21. The number of ether oxygens (including phenoxy) is 1. The number of carbonyl (C=O) groups excluding carboxylic acids is 1. The van der Waals surface area contributed by atoms with E-state index >= 15 is 0 Å². The van der Waals surface area contributed by atoms with E-state index in [0.717, 1.165) is 40.7 Å². The number of likely N-dealkylation sites (tertiary alicyclic amines) is 1. The molecule has 1 atom stereocenters. The summed E-state index contributed by atoms with van der Waals surface area (Å²) in [4.78, 5) is 30.2. The van der Waals surface area contributed by atoms with Crippen molar-refractivity contribution in [1.82, 2.24) is 19.5 Å². The predicted molar refractivity (Wildman–Crippen MR) is 129 cm³/mol. The normalized spacial score (nSPS) is 16.6. The topological polar surface area (TPSA) is 103 Å². The Kier molecular flexibility index (Phi) is 6.29. The van der Waals surface area contributed by atoms with Gasteiger partial charge in [0.1, 0.15) is 11.9 Å². The van der Waals surface area contributed by atoms with Gasteiger partial charge in [0.05, 0.1) is 4.92 Å². The number of hydrogen-bond donors (Lipinski definition) is 0. The summed E-state index contributed by atoms with van der Waals surface area (Å²) >= 11 is 0. The van der Waals surface area contributed by atoms with Gasteiger partial charge in [-0.15, -0.1) is 0 Å². The number of benzene rings is 1. The van der Waals surface area contributed by atoms with E-state index in [1.165, 1.54) is 6.33 Å². The SMILES string of the molecule is Cc1cc(C[C@@H]2CCCN(C(=O)OC(C)(C)C)C2)c([N+](=O)[O-])cc1-c1cc(C)c2ncnn2c1. The largest absolute Gasteiger partial charge is 0.444 e. The van der Waals surface area contributed by atoms with Gasteiger partial charge in [0.25, 0.3) is 5.69 Å². The molecule has 2 aromatic heterocycles. The van der Waals surface area contributed by atoms with Crippen LogP contribution in [-0.2, 0) is 11.2 Å². The second kappa shape index (κ2) is 9.04. The molecule has 0 N–H and O–H groups in total. The number of nitrogens with zero attached hydrogens (tertiary/aromatic N) is 5. The molecule has 180 valence electrons. The number of amides is 1. The molecule has 3 aromatic rings. The monoisotopic (exact) mass is 465 g/mol. The maximum absolute atomic E-state index is 12.5. The second-order valence-electron chi connectivity index (χ2n) is 10.1. The van der Waals surface area contributed by atoms with Crippen LogP contribution in [0.1, 0.15) is 50.3 Å². The summed E-state index contributed by atoms with van der Waals surface area (Å²) in [5.41, 5.74) is 4.58. The van der Waals surface area contributed by atoms with E-state index in [2.05, 4.69) is 10.1 Å². The fourth-order valence-electron chi connectivity index (χ4n) is 4.68. The van der Waals surface area contributed by atoms with Gasteiger partial charge in [0.2, 0.25) is 0 Å². The van der Waals surface area contributed by atoms with Gasteiger partial charge in [-0.3, -0.25) is 10.1 Å². The Morgan fingerprint density at radius 3 is 2.71 bits per heavy atom. The number of carbonyl (C=O) groups is 1. The number of aromatic nitrogens is 3. The molecule has 9 nitrogen and oxygen atoms in total. The molecule has 0 spiro atoms. The number of hydrogen-bond acceptors (Lipinski definition) is 6. The van der Waals surface area contributed by atoms with Gasteiger partial charge in [-0.05, 0) is 88.6 Å². The van der Waals surface area contributed by atoms with Crippen molar-refractivity contribution in [3.05, 3.63) is 57.5 Å². The maximum atomic E-state index is 12.5. The molecule has 1 aliphatic rings. The van der Waals surface area contributed by atoms with Gasteiger partial charge in [0.15, 0.2) is 5.65 Å². The Morgan fingerprint density at radius 1 is 1.24 bits per heavy atom. The first-order chi connectivity index (χ1) is 16.0. The number of nitro benzene ring substituents is 1. The van der Waals surface area contributed by atoms with Crippen molar-refractivity contribution in [2.75, 3.05) is 13.1 Å². The highest BCUT2D eigenvalue weighted by atomic mass is 16.6. The van der Waals surface area contributed by atoms with Crippen LogP contribution in [0, 0.1) is 29.9 Å². The van der Waals surface area contributed by atoms with Crippen LogP contribution in [0.2, 0.25) is 0 Å². The minimum absolute atomic E-state index is 0.103. The Bertz CT molecular complexity index is 1240. The summed E-state index contributed by atoms with van der Waals surface area (Å²) in [5, 5.41) is 16.2. The fraction of sp³-hybridized carbons (Fsp3) is 0.480. The lowest BCUT2D eigenvalue weighted by atomic mass is 9.88. The van der Waals surface area contributed by atoms with Crippen molar-refractivity contribution in [1.29, 1.82) is 0 Å². The van der Waals surface area contributed by atoms with Crippen molar-refractivity contribution in [2.24, 2.45) is 5.92 Å². The van der Waals surface area contributed by atoms with Crippen LogP contribution in [0.4, 0.5) is 10.5 Å². The van der Waals surface area contributed by atoms with E-state index in [4.69, 9.17) is 4.74 Å².